The number of hydrogen-bond acceptors (Lipinski definition) is 1. The molecular weight excluding hydrogens is 300 g/mol. The van der Waals surface area contributed by atoms with Crippen LogP contribution in [0.2, 0.25) is 0 Å². The second-order valence-electron chi connectivity index (χ2n) is 5.37. The molecule has 2 unspecified atom stereocenters. The smallest absolute Gasteiger partial charge is 0.0627 e. The van der Waals surface area contributed by atoms with Crippen molar-refractivity contribution < 1.29 is 0 Å². The minimum Gasteiger partial charge on any atom is -0.270 e. The Balaban J connectivity index is 2.02. The van der Waals surface area contributed by atoms with E-state index in [2.05, 4.69) is 84.4 Å². The van der Waals surface area contributed by atoms with E-state index in [9.17, 15) is 0 Å². The molecule has 0 saturated carbocycles. The minimum absolute atomic E-state index is 0.373. The number of halogens is 1. The first-order valence-electron chi connectivity index (χ1n) is 6.81. The van der Waals surface area contributed by atoms with E-state index in [1.54, 1.807) is 0 Å². The summed E-state index contributed by atoms with van der Waals surface area (Å²) in [5, 5.41) is 4.62. The van der Waals surface area contributed by atoms with Crippen LogP contribution in [-0.4, -0.2) is 9.78 Å². The molecule has 102 valence electrons. The Morgan fingerprint density at radius 1 is 1.11 bits per heavy atom. The van der Waals surface area contributed by atoms with Crippen LogP contribution in [0.25, 0.3) is 0 Å². The Morgan fingerprint density at radius 3 is 2.37 bits per heavy atom. The molecule has 1 heterocycles. The molecule has 1 aromatic carbocycles. The van der Waals surface area contributed by atoms with Crippen LogP contribution >= 0.6 is 15.9 Å². The van der Waals surface area contributed by atoms with E-state index in [1.165, 1.54) is 11.3 Å². The van der Waals surface area contributed by atoms with Crippen molar-refractivity contribution in [1.82, 2.24) is 9.78 Å². The van der Waals surface area contributed by atoms with Crippen molar-refractivity contribution in [1.29, 1.82) is 0 Å². The fourth-order valence-corrected chi connectivity index (χ4v) is 2.66. The highest BCUT2D eigenvalue weighted by molar-refractivity contribution is 9.09. The molecule has 2 rings (SSSR count). The van der Waals surface area contributed by atoms with Crippen LogP contribution in [0.5, 0.6) is 0 Å². The molecule has 2 nitrogen and oxygen atoms in total. The fraction of sp³-hybridized carbons (Fsp3) is 0.438. The van der Waals surface area contributed by atoms with Gasteiger partial charge in [-0.2, -0.15) is 5.10 Å². The van der Waals surface area contributed by atoms with E-state index in [1.807, 2.05) is 4.68 Å². The summed E-state index contributed by atoms with van der Waals surface area (Å²) < 4.78 is 2.02. The van der Waals surface area contributed by atoms with Crippen molar-refractivity contribution in [2.75, 3.05) is 0 Å². The summed E-state index contributed by atoms with van der Waals surface area (Å²) >= 11 is 3.81. The van der Waals surface area contributed by atoms with Gasteiger partial charge in [-0.05, 0) is 37.8 Å². The van der Waals surface area contributed by atoms with Gasteiger partial charge in [0.05, 0.1) is 5.69 Å². The topological polar surface area (TPSA) is 17.8 Å². The standard InChI is InChI=1S/C16H21BrN2/c1-12(2)19-10-9-15(18-19)11-13(3)16(17)14-7-5-4-6-8-14/h4-10,12-13,16H,11H2,1-3H3. The lowest BCUT2D eigenvalue weighted by Gasteiger charge is -2.17. The zero-order valence-electron chi connectivity index (χ0n) is 11.8. The zero-order valence-corrected chi connectivity index (χ0v) is 13.3. The van der Waals surface area contributed by atoms with E-state index in [0.29, 0.717) is 16.8 Å². The third-order valence-corrected chi connectivity index (χ3v) is 4.77. The summed E-state index contributed by atoms with van der Waals surface area (Å²) in [7, 11) is 0. The Kier molecular flexibility index (Phi) is 4.81. The van der Waals surface area contributed by atoms with Crippen molar-refractivity contribution in [2.45, 2.75) is 38.1 Å². The fourth-order valence-electron chi connectivity index (χ4n) is 2.17. The van der Waals surface area contributed by atoms with Crippen LogP contribution in [0.15, 0.2) is 42.6 Å². The molecule has 0 aliphatic rings. The first kappa shape index (κ1) is 14.3. The normalized spacial score (nSPS) is 14.6. The van der Waals surface area contributed by atoms with Crippen molar-refractivity contribution in [2.24, 2.45) is 5.92 Å². The highest BCUT2D eigenvalue weighted by Crippen LogP contribution is 2.32. The summed E-state index contributed by atoms with van der Waals surface area (Å²) in [5.74, 6) is 0.512. The van der Waals surface area contributed by atoms with Gasteiger partial charge in [-0.1, -0.05) is 53.2 Å². The predicted molar refractivity (Wildman–Crippen MR) is 83.6 cm³/mol. The number of alkyl halides is 1. The summed E-state index contributed by atoms with van der Waals surface area (Å²) in [6.07, 6.45) is 3.06. The number of nitrogens with zero attached hydrogens (tertiary/aromatic N) is 2. The Labute approximate surface area is 124 Å². The lowest BCUT2D eigenvalue weighted by Crippen LogP contribution is -2.08. The van der Waals surface area contributed by atoms with Gasteiger partial charge in [-0.25, -0.2) is 0 Å². The van der Waals surface area contributed by atoms with Crippen LogP contribution in [0, 0.1) is 5.92 Å². The van der Waals surface area contributed by atoms with Gasteiger partial charge in [0.2, 0.25) is 0 Å². The molecule has 2 atom stereocenters. The molecular formula is C16H21BrN2. The Bertz CT molecular complexity index is 504. The van der Waals surface area contributed by atoms with Crippen LogP contribution in [0.4, 0.5) is 0 Å². The molecule has 0 aliphatic heterocycles. The van der Waals surface area contributed by atoms with E-state index < -0.39 is 0 Å². The van der Waals surface area contributed by atoms with Gasteiger partial charge in [-0.3, -0.25) is 4.68 Å². The highest BCUT2D eigenvalue weighted by atomic mass is 79.9. The van der Waals surface area contributed by atoms with Gasteiger partial charge in [-0.15, -0.1) is 0 Å². The number of benzene rings is 1. The lowest BCUT2D eigenvalue weighted by atomic mass is 9.96. The maximum Gasteiger partial charge on any atom is 0.0627 e. The summed E-state index contributed by atoms with van der Waals surface area (Å²) in [4.78, 5) is 0.373. The third-order valence-electron chi connectivity index (χ3n) is 3.34. The Morgan fingerprint density at radius 2 is 1.79 bits per heavy atom. The van der Waals surface area contributed by atoms with E-state index >= 15 is 0 Å². The van der Waals surface area contributed by atoms with Crippen LogP contribution in [0.3, 0.4) is 0 Å². The maximum atomic E-state index is 4.62. The van der Waals surface area contributed by atoms with Crippen molar-refractivity contribution in [3.05, 3.63) is 53.9 Å². The van der Waals surface area contributed by atoms with Gasteiger partial charge in [0.1, 0.15) is 0 Å². The summed E-state index contributed by atoms with van der Waals surface area (Å²) in [5.41, 5.74) is 2.50. The second kappa shape index (κ2) is 6.38. The number of aromatic nitrogens is 2. The Hall–Kier alpha value is -1.09. The molecule has 19 heavy (non-hydrogen) atoms. The van der Waals surface area contributed by atoms with E-state index in [0.717, 1.165) is 6.42 Å². The second-order valence-corrected chi connectivity index (χ2v) is 6.36. The highest BCUT2D eigenvalue weighted by Gasteiger charge is 2.17. The van der Waals surface area contributed by atoms with Crippen molar-refractivity contribution in [3.63, 3.8) is 0 Å². The van der Waals surface area contributed by atoms with E-state index in [-0.39, 0.29) is 0 Å². The largest absolute Gasteiger partial charge is 0.270 e. The third kappa shape index (κ3) is 3.69. The summed E-state index contributed by atoms with van der Waals surface area (Å²) in [6, 6.07) is 13.1. The lowest BCUT2D eigenvalue weighted by molar-refractivity contribution is 0.509. The predicted octanol–water partition coefficient (Wildman–Crippen LogP) is 4.78. The van der Waals surface area contributed by atoms with Crippen LogP contribution < -0.4 is 0 Å². The molecule has 2 aromatic rings. The first-order chi connectivity index (χ1) is 9.08. The van der Waals surface area contributed by atoms with Gasteiger partial charge in [0, 0.05) is 17.1 Å². The molecule has 0 N–H and O–H groups in total. The summed E-state index contributed by atoms with van der Waals surface area (Å²) in [6.45, 7) is 6.57. The van der Waals surface area contributed by atoms with Crippen molar-refractivity contribution >= 4 is 15.9 Å². The van der Waals surface area contributed by atoms with Gasteiger partial charge in [0.15, 0.2) is 0 Å². The van der Waals surface area contributed by atoms with Crippen molar-refractivity contribution in [3.8, 4) is 0 Å². The SMILES string of the molecule is CC(Cc1ccn(C(C)C)n1)C(Br)c1ccccc1. The molecule has 0 aliphatic carbocycles. The molecule has 1 aromatic heterocycles. The molecule has 0 fully saturated rings. The molecule has 0 bridgehead atoms. The van der Waals surface area contributed by atoms with Gasteiger partial charge >= 0.3 is 0 Å². The van der Waals surface area contributed by atoms with E-state index in [4.69, 9.17) is 0 Å². The number of hydrogen-bond donors (Lipinski definition) is 0. The van der Waals surface area contributed by atoms with Crippen LogP contribution in [-0.2, 0) is 6.42 Å². The minimum atomic E-state index is 0.373. The average molecular weight is 321 g/mol. The molecule has 0 spiro atoms. The van der Waals surface area contributed by atoms with Crippen LogP contribution in [0.1, 0.15) is 42.9 Å². The van der Waals surface area contributed by atoms with Gasteiger partial charge in [0.25, 0.3) is 0 Å². The monoisotopic (exact) mass is 320 g/mol. The zero-order chi connectivity index (χ0) is 13.8. The van der Waals surface area contributed by atoms with Gasteiger partial charge < -0.3 is 0 Å². The number of rotatable bonds is 5. The quantitative estimate of drug-likeness (QED) is 0.725. The average Bonchev–Trinajstić information content (AvgIpc) is 2.87. The maximum absolute atomic E-state index is 4.62. The molecule has 3 heteroatoms. The molecule has 0 saturated heterocycles. The first-order valence-corrected chi connectivity index (χ1v) is 7.72. The molecule has 0 radical (unpaired) electrons. The molecule has 0 amide bonds.